The summed E-state index contributed by atoms with van der Waals surface area (Å²) in [7, 11) is 0. The minimum Gasteiger partial charge on any atom is -0.490 e. The number of carbonyl (C=O) groups excluding carboxylic acids is 1. The molecule has 1 aliphatic heterocycles. The largest absolute Gasteiger partial charge is 0.490 e. The summed E-state index contributed by atoms with van der Waals surface area (Å²) in [6.45, 7) is 3.89. The lowest BCUT2D eigenvalue weighted by Crippen LogP contribution is -2.47. The van der Waals surface area contributed by atoms with E-state index in [0.29, 0.717) is 19.8 Å². The highest BCUT2D eigenvalue weighted by Crippen LogP contribution is 2.16. The van der Waals surface area contributed by atoms with Gasteiger partial charge in [-0.05, 0) is 19.1 Å². The zero-order valence-corrected chi connectivity index (χ0v) is 11.0. The van der Waals surface area contributed by atoms with Gasteiger partial charge in [0.2, 0.25) is 5.91 Å². The summed E-state index contributed by atoms with van der Waals surface area (Å²) >= 11 is 0. The third kappa shape index (κ3) is 3.67. The van der Waals surface area contributed by atoms with Crippen molar-refractivity contribution in [2.75, 3.05) is 26.4 Å². The van der Waals surface area contributed by atoms with Crippen LogP contribution in [0.2, 0.25) is 0 Å². The highest BCUT2D eigenvalue weighted by molar-refractivity contribution is 5.76. The van der Waals surface area contributed by atoms with Crippen LogP contribution < -0.4 is 4.74 Å². The van der Waals surface area contributed by atoms with E-state index in [4.69, 9.17) is 9.47 Å². The summed E-state index contributed by atoms with van der Waals surface area (Å²) in [6, 6.07) is 6.28. The number of benzene rings is 1. The monoisotopic (exact) mass is 267 g/mol. The maximum Gasteiger partial charge on any atom is 0.226 e. The molecule has 0 spiro atoms. The Morgan fingerprint density at radius 3 is 3.05 bits per heavy atom. The van der Waals surface area contributed by atoms with Crippen LogP contribution in [-0.2, 0) is 9.53 Å². The predicted molar refractivity (Wildman–Crippen MR) is 68.5 cm³/mol. The molecule has 0 saturated carbocycles. The standard InChI is InChI=1S/C14H18FNO3/c1-11-10-18-9-7-16(11)14(17)6-8-19-13-5-3-2-4-12(13)15/h2-5,11H,6-10H2,1H3. The Kier molecular flexibility index (Phi) is 4.74. The second-order valence-corrected chi connectivity index (χ2v) is 4.54. The summed E-state index contributed by atoms with van der Waals surface area (Å²) in [4.78, 5) is 13.8. The summed E-state index contributed by atoms with van der Waals surface area (Å²) in [5, 5.41) is 0. The maximum atomic E-state index is 13.3. The van der Waals surface area contributed by atoms with E-state index in [1.54, 1.807) is 23.1 Å². The molecule has 4 nitrogen and oxygen atoms in total. The summed E-state index contributed by atoms with van der Waals surface area (Å²) in [6.07, 6.45) is 0.249. The lowest BCUT2D eigenvalue weighted by Gasteiger charge is -2.33. The van der Waals surface area contributed by atoms with Gasteiger partial charge in [0.05, 0.1) is 32.3 Å². The molecule has 1 saturated heterocycles. The SMILES string of the molecule is CC1COCCN1C(=O)CCOc1ccccc1F. The number of amides is 1. The van der Waals surface area contributed by atoms with Gasteiger partial charge in [-0.25, -0.2) is 4.39 Å². The molecule has 19 heavy (non-hydrogen) atoms. The molecule has 1 aromatic carbocycles. The molecule has 104 valence electrons. The maximum absolute atomic E-state index is 13.3. The summed E-state index contributed by atoms with van der Waals surface area (Å²) in [5.74, 6) is -0.202. The van der Waals surface area contributed by atoms with Crippen molar-refractivity contribution in [3.05, 3.63) is 30.1 Å². The first-order chi connectivity index (χ1) is 9.18. The Balaban J connectivity index is 1.79. The first-order valence-corrected chi connectivity index (χ1v) is 6.43. The van der Waals surface area contributed by atoms with Gasteiger partial charge in [0.1, 0.15) is 0 Å². The minimum atomic E-state index is -0.408. The highest BCUT2D eigenvalue weighted by Gasteiger charge is 2.23. The quantitative estimate of drug-likeness (QED) is 0.835. The average molecular weight is 267 g/mol. The molecular weight excluding hydrogens is 249 g/mol. The molecule has 1 amide bonds. The van der Waals surface area contributed by atoms with Gasteiger partial charge in [0.25, 0.3) is 0 Å². The molecule has 1 heterocycles. The van der Waals surface area contributed by atoms with Gasteiger partial charge < -0.3 is 14.4 Å². The number of para-hydroxylation sites is 1. The molecule has 5 heteroatoms. The van der Waals surface area contributed by atoms with Gasteiger partial charge in [-0.15, -0.1) is 0 Å². The zero-order valence-electron chi connectivity index (χ0n) is 11.0. The van der Waals surface area contributed by atoms with Crippen molar-refractivity contribution >= 4 is 5.91 Å². The molecule has 0 N–H and O–H groups in total. The molecule has 1 aliphatic rings. The van der Waals surface area contributed by atoms with Crippen molar-refractivity contribution in [3.8, 4) is 5.75 Å². The number of rotatable bonds is 4. The van der Waals surface area contributed by atoms with Crippen LogP contribution in [0.4, 0.5) is 4.39 Å². The van der Waals surface area contributed by atoms with Crippen molar-refractivity contribution in [2.45, 2.75) is 19.4 Å². The fourth-order valence-electron chi connectivity index (χ4n) is 2.05. The van der Waals surface area contributed by atoms with Crippen molar-refractivity contribution in [1.82, 2.24) is 4.90 Å². The van der Waals surface area contributed by atoms with Gasteiger partial charge in [-0.1, -0.05) is 12.1 Å². The predicted octanol–water partition coefficient (Wildman–Crippen LogP) is 1.84. The number of ether oxygens (including phenoxy) is 2. The first kappa shape index (κ1) is 13.8. The number of nitrogens with zero attached hydrogens (tertiary/aromatic N) is 1. The van der Waals surface area contributed by atoms with E-state index < -0.39 is 5.82 Å². The third-order valence-electron chi connectivity index (χ3n) is 3.10. The van der Waals surface area contributed by atoms with E-state index in [1.807, 2.05) is 6.92 Å². The Morgan fingerprint density at radius 2 is 2.32 bits per heavy atom. The number of hydrogen-bond acceptors (Lipinski definition) is 3. The first-order valence-electron chi connectivity index (χ1n) is 6.43. The van der Waals surface area contributed by atoms with Crippen LogP contribution in [0.5, 0.6) is 5.75 Å². The molecule has 0 aromatic heterocycles. The fourth-order valence-corrected chi connectivity index (χ4v) is 2.05. The summed E-state index contributed by atoms with van der Waals surface area (Å²) in [5.41, 5.74) is 0. The molecule has 1 aromatic rings. The molecule has 0 radical (unpaired) electrons. The molecule has 0 aliphatic carbocycles. The Labute approximate surface area is 112 Å². The van der Waals surface area contributed by atoms with Crippen LogP contribution in [-0.4, -0.2) is 43.2 Å². The van der Waals surface area contributed by atoms with Gasteiger partial charge in [-0.2, -0.15) is 0 Å². The van der Waals surface area contributed by atoms with Crippen LogP contribution in [0, 0.1) is 5.82 Å². The fraction of sp³-hybridized carbons (Fsp3) is 0.500. The van der Waals surface area contributed by atoms with Crippen LogP contribution >= 0.6 is 0 Å². The van der Waals surface area contributed by atoms with Crippen molar-refractivity contribution < 1.29 is 18.7 Å². The molecule has 1 unspecified atom stereocenters. The molecular formula is C14H18FNO3. The van der Waals surface area contributed by atoms with Crippen LogP contribution in [0.15, 0.2) is 24.3 Å². The van der Waals surface area contributed by atoms with E-state index >= 15 is 0 Å². The highest BCUT2D eigenvalue weighted by atomic mass is 19.1. The second kappa shape index (κ2) is 6.52. The smallest absolute Gasteiger partial charge is 0.226 e. The Hall–Kier alpha value is -1.62. The van der Waals surface area contributed by atoms with Gasteiger partial charge >= 0.3 is 0 Å². The van der Waals surface area contributed by atoms with Gasteiger partial charge in [0.15, 0.2) is 11.6 Å². The van der Waals surface area contributed by atoms with Gasteiger partial charge in [-0.3, -0.25) is 4.79 Å². The second-order valence-electron chi connectivity index (χ2n) is 4.54. The number of carbonyl (C=O) groups is 1. The van der Waals surface area contributed by atoms with E-state index in [9.17, 15) is 9.18 Å². The molecule has 1 atom stereocenters. The zero-order chi connectivity index (χ0) is 13.7. The number of halogens is 1. The number of morpholine rings is 1. The van der Waals surface area contributed by atoms with E-state index in [-0.39, 0.29) is 30.7 Å². The van der Waals surface area contributed by atoms with Crippen LogP contribution in [0.3, 0.4) is 0 Å². The number of hydrogen-bond donors (Lipinski definition) is 0. The summed E-state index contributed by atoms with van der Waals surface area (Å²) < 4.78 is 23.9. The molecule has 2 rings (SSSR count). The minimum absolute atomic E-state index is 0.0205. The van der Waals surface area contributed by atoms with Crippen molar-refractivity contribution in [2.24, 2.45) is 0 Å². The van der Waals surface area contributed by atoms with E-state index in [0.717, 1.165) is 0 Å². The lowest BCUT2D eigenvalue weighted by atomic mass is 10.2. The van der Waals surface area contributed by atoms with E-state index in [1.165, 1.54) is 6.07 Å². The topological polar surface area (TPSA) is 38.8 Å². The third-order valence-corrected chi connectivity index (χ3v) is 3.10. The van der Waals surface area contributed by atoms with E-state index in [2.05, 4.69) is 0 Å². The average Bonchev–Trinajstić information content (AvgIpc) is 2.41. The van der Waals surface area contributed by atoms with Crippen LogP contribution in [0.1, 0.15) is 13.3 Å². The molecule has 0 bridgehead atoms. The molecule has 1 fully saturated rings. The van der Waals surface area contributed by atoms with Crippen molar-refractivity contribution in [3.63, 3.8) is 0 Å². The lowest BCUT2D eigenvalue weighted by molar-refractivity contribution is -0.139. The normalized spacial score (nSPS) is 19.3. The Bertz CT molecular complexity index is 438. The van der Waals surface area contributed by atoms with Crippen molar-refractivity contribution in [1.29, 1.82) is 0 Å². The Morgan fingerprint density at radius 1 is 1.53 bits per heavy atom. The van der Waals surface area contributed by atoms with Gasteiger partial charge in [0, 0.05) is 6.54 Å². The van der Waals surface area contributed by atoms with Crippen LogP contribution in [0.25, 0.3) is 0 Å².